The molecule has 1 unspecified atom stereocenters. The molecular formula is C29H27N3O7. The molecule has 1 atom stereocenters. The number of carbonyl (C=O) groups excluding carboxylic acids is 2. The molecule has 39 heavy (non-hydrogen) atoms. The van der Waals surface area contributed by atoms with E-state index in [1.165, 1.54) is 39.4 Å². The lowest BCUT2D eigenvalue weighted by Crippen LogP contribution is -2.30. The van der Waals surface area contributed by atoms with Gasteiger partial charge in [-0.2, -0.15) is 0 Å². The van der Waals surface area contributed by atoms with Crippen LogP contribution >= 0.6 is 0 Å². The highest BCUT2D eigenvalue weighted by atomic mass is 16.5. The first-order chi connectivity index (χ1) is 18.8. The van der Waals surface area contributed by atoms with Crippen LogP contribution in [0.1, 0.15) is 22.7 Å². The molecule has 4 aromatic rings. The predicted molar refractivity (Wildman–Crippen MR) is 145 cm³/mol. The number of nitrogens with one attached hydrogen (secondary N) is 1. The molecule has 5 rings (SSSR count). The predicted octanol–water partition coefficient (Wildman–Crippen LogP) is 4.53. The van der Waals surface area contributed by atoms with Gasteiger partial charge in [-0.05, 0) is 60.5 Å². The highest BCUT2D eigenvalue weighted by molar-refractivity contribution is 6.51. The lowest BCUT2D eigenvalue weighted by molar-refractivity contribution is -0.132. The van der Waals surface area contributed by atoms with Crippen LogP contribution in [0.25, 0.3) is 16.8 Å². The number of ether oxygens (including phenoxy) is 4. The van der Waals surface area contributed by atoms with Crippen molar-refractivity contribution in [3.8, 4) is 23.0 Å². The van der Waals surface area contributed by atoms with Crippen molar-refractivity contribution < 1.29 is 33.6 Å². The van der Waals surface area contributed by atoms with Crippen LogP contribution in [-0.2, 0) is 9.59 Å². The topological polar surface area (TPSA) is 123 Å². The van der Waals surface area contributed by atoms with Gasteiger partial charge in [0.25, 0.3) is 5.78 Å². The Morgan fingerprint density at radius 3 is 2.28 bits per heavy atom. The number of methoxy groups -OCH3 is 4. The number of aliphatic hydroxyl groups is 1. The molecule has 1 saturated heterocycles. The van der Waals surface area contributed by atoms with E-state index in [0.29, 0.717) is 39.6 Å². The maximum absolute atomic E-state index is 13.6. The Kier molecular flexibility index (Phi) is 6.61. The molecule has 1 aliphatic heterocycles. The van der Waals surface area contributed by atoms with E-state index in [1.807, 2.05) is 25.1 Å². The van der Waals surface area contributed by atoms with Crippen LogP contribution in [0.15, 0.2) is 60.2 Å². The van der Waals surface area contributed by atoms with Gasteiger partial charge in [-0.25, -0.2) is 4.98 Å². The summed E-state index contributed by atoms with van der Waals surface area (Å²) in [6.45, 7) is 1.94. The quantitative estimate of drug-likeness (QED) is 0.203. The summed E-state index contributed by atoms with van der Waals surface area (Å²) >= 11 is 0. The first kappa shape index (κ1) is 25.7. The van der Waals surface area contributed by atoms with Gasteiger partial charge in [-0.15, -0.1) is 0 Å². The Labute approximate surface area is 224 Å². The van der Waals surface area contributed by atoms with Crippen molar-refractivity contribution in [2.24, 2.45) is 0 Å². The second-order valence-corrected chi connectivity index (χ2v) is 8.93. The van der Waals surface area contributed by atoms with Crippen LogP contribution in [0.2, 0.25) is 0 Å². The second-order valence-electron chi connectivity index (χ2n) is 8.93. The zero-order valence-electron chi connectivity index (χ0n) is 22.1. The van der Waals surface area contributed by atoms with Crippen molar-refractivity contribution in [3.63, 3.8) is 0 Å². The van der Waals surface area contributed by atoms with Gasteiger partial charge in [0, 0.05) is 0 Å². The highest BCUT2D eigenvalue weighted by Gasteiger charge is 2.48. The van der Waals surface area contributed by atoms with E-state index in [2.05, 4.69) is 9.97 Å². The van der Waals surface area contributed by atoms with Crippen molar-refractivity contribution in [1.29, 1.82) is 0 Å². The second kappa shape index (κ2) is 10.1. The number of nitrogens with zero attached hydrogens (tertiary/aromatic N) is 2. The van der Waals surface area contributed by atoms with Crippen molar-refractivity contribution >= 4 is 34.4 Å². The zero-order valence-corrected chi connectivity index (χ0v) is 22.1. The fourth-order valence-electron chi connectivity index (χ4n) is 4.76. The van der Waals surface area contributed by atoms with Crippen LogP contribution < -0.4 is 23.8 Å². The Bertz CT molecular complexity index is 1640. The molecule has 10 heteroatoms. The smallest absolute Gasteiger partial charge is 0.302 e. The largest absolute Gasteiger partial charge is 0.507 e. The Balaban J connectivity index is 1.78. The molecule has 200 valence electrons. The normalized spacial score (nSPS) is 16.5. The number of rotatable bonds is 7. The van der Waals surface area contributed by atoms with Crippen LogP contribution in [0, 0.1) is 6.92 Å². The third kappa shape index (κ3) is 4.29. The van der Waals surface area contributed by atoms with Crippen molar-refractivity contribution in [1.82, 2.24) is 9.97 Å². The summed E-state index contributed by atoms with van der Waals surface area (Å²) in [7, 11) is 5.92. The molecule has 1 amide bonds. The number of ketones is 1. The number of Topliss-reactive ketones (excluding diaryl/α,β-unsaturated/α-hetero) is 1. The zero-order chi connectivity index (χ0) is 27.8. The van der Waals surface area contributed by atoms with Crippen LogP contribution in [-0.4, -0.2) is 55.2 Å². The fourth-order valence-corrected chi connectivity index (χ4v) is 4.76. The van der Waals surface area contributed by atoms with Crippen molar-refractivity contribution in [2.45, 2.75) is 13.0 Å². The van der Waals surface area contributed by atoms with Crippen molar-refractivity contribution in [2.75, 3.05) is 33.3 Å². The Morgan fingerprint density at radius 2 is 1.59 bits per heavy atom. The van der Waals surface area contributed by atoms with E-state index in [-0.39, 0.29) is 17.1 Å². The summed E-state index contributed by atoms with van der Waals surface area (Å²) in [5.41, 5.74) is 2.87. The number of aromatic amines is 1. The number of aromatic nitrogens is 2. The van der Waals surface area contributed by atoms with E-state index >= 15 is 0 Å². The molecule has 10 nitrogen and oxygen atoms in total. The molecule has 1 fully saturated rings. The average molecular weight is 530 g/mol. The number of fused-ring (bicyclic) bond motifs is 1. The summed E-state index contributed by atoms with van der Waals surface area (Å²) in [4.78, 5) is 36.2. The number of aryl methyl sites for hydroxylation is 1. The number of carbonyl (C=O) groups is 2. The van der Waals surface area contributed by atoms with Gasteiger partial charge in [0.2, 0.25) is 5.95 Å². The summed E-state index contributed by atoms with van der Waals surface area (Å²) < 4.78 is 21.6. The number of aliphatic hydroxyl groups excluding tert-OH is 1. The van der Waals surface area contributed by atoms with Gasteiger partial charge >= 0.3 is 5.91 Å². The van der Waals surface area contributed by atoms with E-state index < -0.39 is 23.5 Å². The SMILES string of the molecule is COc1ccc(OC)c(/C(O)=C2\C(=O)C(=O)N(c3nc4ccc(C)cc4[nH]3)C2c2ccc(OC)c(OC)c2)c1. The Hall–Kier alpha value is -4.99. The van der Waals surface area contributed by atoms with Gasteiger partial charge in [0.05, 0.1) is 56.7 Å². The summed E-state index contributed by atoms with van der Waals surface area (Å²) in [5.74, 6) is -0.409. The molecule has 0 aliphatic carbocycles. The number of anilines is 1. The summed E-state index contributed by atoms with van der Waals surface area (Å²) in [6.07, 6.45) is 0. The number of hydrogen-bond acceptors (Lipinski definition) is 8. The van der Waals surface area contributed by atoms with Crippen LogP contribution in [0.5, 0.6) is 23.0 Å². The van der Waals surface area contributed by atoms with E-state index in [0.717, 1.165) is 5.56 Å². The molecule has 0 spiro atoms. The summed E-state index contributed by atoms with van der Waals surface area (Å²) in [5, 5.41) is 11.6. The van der Waals surface area contributed by atoms with Gasteiger partial charge in [0.15, 0.2) is 11.5 Å². The number of amides is 1. The molecule has 1 aliphatic rings. The molecule has 0 saturated carbocycles. The third-order valence-corrected chi connectivity index (χ3v) is 6.68. The first-order valence-electron chi connectivity index (χ1n) is 12.0. The number of H-pyrrole nitrogens is 1. The molecule has 1 aromatic heterocycles. The standard InChI is InChI=1S/C29H27N3O7/c1-15-6-9-19-20(12-15)31-29(30-19)32-25(16-7-10-22(38-4)23(13-16)39-5)24(27(34)28(32)35)26(33)18-14-17(36-2)8-11-21(18)37-3/h6-14,25,33H,1-5H3,(H,30,31)/b26-24+. The molecule has 0 bridgehead atoms. The molecular weight excluding hydrogens is 502 g/mol. The monoisotopic (exact) mass is 529 g/mol. The first-order valence-corrected chi connectivity index (χ1v) is 12.0. The minimum absolute atomic E-state index is 0.143. The van der Waals surface area contributed by atoms with Crippen LogP contribution in [0.3, 0.4) is 0 Å². The number of hydrogen-bond donors (Lipinski definition) is 2. The Morgan fingerprint density at radius 1 is 0.872 bits per heavy atom. The average Bonchev–Trinajstić information content (AvgIpc) is 3.49. The van der Waals surface area contributed by atoms with Gasteiger partial charge in [0.1, 0.15) is 17.3 Å². The number of imidazole rings is 1. The highest BCUT2D eigenvalue weighted by Crippen LogP contribution is 2.45. The number of benzene rings is 3. The maximum Gasteiger partial charge on any atom is 0.302 e. The lowest BCUT2D eigenvalue weighted by atomic mass is 9.94. The summed E-state index contributed by atoms with van der Waals surface area (Å²) in [6, 6.07) is 14.4. The van der Waals surface area contributed by atoms with Gasteiger partial charge in [-0.1, -0.05) is 12.1 Å². The molecule has 3 aromatic carbocycles. The van der Waals surface area contributed by atoms with Gasteiger partial charge < -0.3 is 29.0 Å². The fraction of sp³-hybridized carbons (Fsp3) is 0.207. The lowest BCUT2D eigenvalue weighted by Gasteiger charge is -2.24. The third-order valence-electron chi connectivity index (χ3n) is 6.68. The minimum Gasteiger partial charge on any atom is -0.507 e. The molecule has 2 heterocycles. The molecule has 2 N–H and O–H groups in total. The van der Waals surface area contributed by atoms with Crippen molar-refractivity contribution in [3.05, 3.63) is 76.9 Å². The van der Waals surface area contributed by atoms with Crippen LogP contribution in [0.4, 0.5) is 5.95 Å². The minimum atomic E-state index is -1.05. The van der Waals surface area contributed by atoms with E-state index in [1.54, 1.807) is 30.3 Å². The molecule has 0 radical (unpaired) electrons. The van der Waals surface area contributed by atoms with Gasteiger partial charge in [-0.3, -0.25) is 14.5 Å². The maximum atomic E-state index is 13.6. The van der Waals surface area contributed by atoms with E-state index in [9.17, 15) is 14.7 Å². The van der Waals surface area contributed by atoms with E-state index in [4.69, 9.17) is 18.9 Å².